The van der Waals surface area contributed by atoms with E-state index in [1.54, 1.807) is 12.1 Å². The summed E-state index contributed by atoms with van der Waals surface area (Å²) in [6.07, 6.45) is 2.01. The van der Waals surface area contributed by atoms with Crippen LogP contribution in [0.5, 0.6) is 5.75 Å². The maximum absolute atomic E-state index is 13.5. The lowest BCUT2D eigenvalue weighted by Gasteiger charge is -2.09. The van der Waals surface area contributed by atoms with Gasteiger partial charge in [-0.2, -0.15) is 0 Å². The highest BCUT2D eigenvalue weighted by molar-refractivity contribution is 7.26. The van der Waals surface area contributed by atoms with Crippen LogP contribution in [0.3, 0.4) is 0 Å². The van der Waals surface area contributed by atoms with Crippen LogP contribution in [0.4, 0.5) is 0 Å². The molecule has 0 spiro atoms. The summed E-state index contributed by atoms with van der Waals surface area (Å²) in [4.78, 5) is 24.3. The number of thiophene rings is 1. The number of phenolic OH excluding ortho intramolecular Hbond substituents is 1. The van der Waals surface area contributed by atoms with Crippen LogP contribution in [-0.4, -0.2) is 19.6 Å². The minimum atomic E-state index is -0.450. The van der Waals surface area contributed by atoms with Crippen LogP contribution in [-0.2, 0) is 7.05 Å². The molecule has 7 aromatic rings. The molecule has 0 bridgehead atoms. The van der Waals surface area contributed by atoms with Crippen molar-refractivity contribution in [2.45, 2.75) is 13.8 Å². The molecule has 5 aromatic heterocycles. The Hall–Kier alpha value is -4.23. The number of pyridine rings is 2. The lowest BCUT2D eigenvalue weighted by atomic mass is 10.0. The second kappa shape index (κ2) is 6.90. The lowest BCUT2D eigenvalue weighted by Crippen LogP contribution is -2.04. The SMILES string of the molecule is Cc1cc(C)c2c(n1)sc1c2nc(-c2cn(C)c3ccccc23)c2c(=O)oc3ccc(O)cc3c21. The predicted octanol–water partition coefficient (Wildman–Crippen LogP) is 6.59. The number of hydrogen-bond donors (Lipinski definition) is 1. The molecule has 0 aliphatic carbocycles. The van der Waals surface area contributed by atoms with E-state index in [4.69, 9.17) is 14.4 Å². The number of benzene rings is 2. The van der Waals surface area contributed by atoms with Gasteiger partial charge in [0.2, 0.25) is 0 Å². The highest BCUT2D eigenvalue weighted by Gasteiger charge is 2.24. The average Bonchev–Trinajstić information content (AvgIpc) is 3.36. The number of aromatic hydroxyl groups is 1. The molecule has 35 heavy (non-hydrogen) atoms. The van der Waals surface area contributed by atoms with E-state index in [-0.39, 0.29) is 5.75 Å². The third kappa shape index (κ3) is 2.73. The van der Waals surface area contributed by atoms with Gasteiger partial charge in [0.05, 0.1) is 21.3 Å². The zero-order valence-electron chi connectivity index (χ0n) is 19.2. The van der Waals surface area contributed by atoms with Gasteiger partial charge in [-0.1, -0.05) is 18.2 Å². The quantitative estimate of drug-likeness (QED) is 0.213. The molecule has 6 nitrogen and oxygen atoms in total. The summed E-state index contributed by atoms with van der Waals surface area (Å²) in [6, 6.07) is 14.9. The summed E-state index contributed by atoms with van der Waals surface area (Å²) in [5.74, 6) is 0.107. The first-order chi connectivity index (χ1) is 16.9. The van der Waals surface area contributed by atoms with Gasteiger partial charge in [-0.25, -0.2) is 14.8 Å². The van der Waals surface area contributed by atoms with E-state index < -0.39 is 5.63 Å². The molecule has 0 radical (unpaired) electrons. The summed E-state index contributed by atoms with van der Waals surface area (Å²) in [6.45, 7) is 4.04. The standard InChI is InChI=1S/C28H19N3O3S/c1-13-10-14(2)29-27-21(13)25-26(35-27)22-17-11-15(32)8-9-20(17)34-28(33)23(22)24(30-25)18-12-31(3)19-7-5-4-6-16(18)19/h4-12,32H,1-3H3. The Labute approximate surface area is 202 Å². The van der Waals surface area contributed by atoms with Gasteiger partial charge in [-0.3, -0.25) is 0 Å². The zero-order chi connectivity index (χ0) is 24.0. The molecule has 0 aliphatic heterocycles. The van der Waals surface area contributed by atoms with E-state index in [1.807, 2.05) is 49.0 Å². The Morgan fingerprint density at radius 3 is 2.66 bits per heavy atom. The largest absolute Gasteiger partial charge is 0.508 e. The van der Waals surface area contributed by atoms with Crippen molar-refractivity contribution in [1.82, 2.24) is 14.5 Å². The second-order valence-corrected chi connectivity index (χ2v) is 9.99. The van der Waals surface area contributed by atoms with Crippen LogP contribution in [0.15, 0.2) is 63.9 Å². The number of aromatic nitrogens is 3. The molecule has 7 rings (SSSR count). The normalized spacial score (nSPS) is 12.1. The summed E-state index contributed by atoms with van der Waals surface area (Å²) < 4.78 is 8.66. The smallest absolute Gasteiger partial charge is 0.346 e. The fourth-order valence-electron chi connectivity index (χ4n) is 5.23. The van der Waals surface area contributed by atoms with Crippen molar-refractivity contribution in [1.29, 1.82) is 0 Å². The first-order valence-corrected chi connectivity index (χ1v) is 12.1. The number of aryl methyl sites for hydroxylation is 3. The highest BCUT2D eigenvalue weighted by atomic mass is 32.1. The Balaban J connectivity index is 1.81. The van der Waals surface area contributed by atoms with Crippen LogP contribution >= 0.6 is 11.3 Å². The van der Waals surface area contributed by atoms with Crippen molar-refractivity contribution in [2.75, 3.05) is 0 Å². The topological polar surface area (TPSA) is 81.2 Å². The first kappa shape index (κ1) is 20.2. The van der Waals surface area contributed by atoms with Crippen LogP contribution in [0.25, 0.3) is 64.3 Å². The van der Waals surface area contributed by atoms with Crippen LogP contribution < -0.4 is 5.63 Å². The molecular weight excluding hydrogens is 458 g/mol. The van der Waals surface area contributed by atoms with Crippen LogP contribution in [0.2, 0.25) is 0 Å². The maximum Gasteiger partial charge on any atom is 0.346 e. The maximum atomic E-state index is 13.5. The Bertz CT molecular complexity index is 2080. The number of nitrogens with zero attached hydrogens (tertiary/aromatic N) is 3. The number of fused-ring (bicyclic) bond motifs is 8. The molecule has 0 saturated heterocycles. The van der Waals surface area contributed by atoms with Gasteiger partial charge >= 0.3 is 5.63 Å². The lowest BCUT2D eigenvalue weighted by molar-refractivity contribution is 0.475. The Morgan fingerprint density at radius 2 is 1.80 bits per heavy atom. The summed E-state index contributed by atoms with van der Waals surface area (Å²) >= 11 is 1.52. The van der Waals surface area contributed by atoms with E-state index in [9.17, 15) is 9.90 Å². The van der Waals surface area contributed by atoms with Crippen molar-refractivity contribution < 1.29 is 9.52 Å². The summed E-state index contributed by atoms with van der Waals surface area (Å²) in [5.41, 5.74) is 5.28. The fraction of sp³-hybridized carbons (Fsp3) is 0.107. The average molecular weight is 478 g/mol. The van der Waals surface area contributed by atoms with Crippen molar-refractivity contribution in [3.63, 3.8) is 0 Å². The second-order valence-electron chi connectivity index (χ2n) is 8.99. The minimum Gasteiger partial charge on any atom is -0.508 e. The van der Waals surface area contributed by atoms with E-state index in [2.05, 4.69) is 13.0 Å². The van der Waals surface area contributed by atoms with Gasteiger partial charge in [-0.15, -0.1) is 11.3 Å². The van der Waals surface area contributed by atoms with E-state index >= 15 is 0 Å². The monoisotopic (exact) mass is 477 g/mol. The Kier molecular flexibility index (Phi) is 3.97. The fourth-order valence-corrected chi connectivity index (χ4v) is 6.53. The molecule has 170 valence electrons. The molecule has 0 atom stereocenters. The molecule has 0 aliphatic rings. The van der Waals surface area contributed by atoms with Gasteiger partial charge in [0, 0.05) is 51.6 Å². The third-order valence-electron chi connectivity index (χ3n) is 6.69. The van der Waals surface area contributed by atoms with Crippen LogP contribution in [0.1, 0.15) is 11.3 Å². The van der Waals surface area contributed by atoms with Gasteiger partial charge < -0.3 is 14.1 Å². The molecular formula is C28H19N3O3S. The minimum absolute atomic E-state index is 0.107. The molecule has 5 heterocycles. The summed E-state index contributed by atoms with van der Waals surface area (Å²) in [7, 11) is 1.99. The van der Waals surface area contributed by atoms with Crippen molar-refractivity contribution in [2.24, 2.45) is 7.05 Å². The summed E-state index contributed by atoms with van der Waals surface area (Å²) in [5, 5.41) is 14.1. The van der Waals surface area contributed by atoms with Crippen LogP contribution in [0, 0.1) is 13.8 Å². The van der Waals surface area contributed by atoms with E-state index in [1.165, 1.54) is 17.4 Å². The molecule has 7 heteroatoms. The number of para-hydroxylation sites is 1. The first-order valence-electron chi connectivity index (χ1n) is 11.2. The number of phenols is 1. The molecule has 0 saturated carbocycles. The predicted molar refractivity (Wildman–Crippen MR) is 142 cm³/mol. The van der Waals surface area contributed by atoms with Crippen molar-refractivity contribution in [3.8, 4) is 17.0 Å². The molecule has 0 unspecified atom stereocenters. The van der Waals surface area contributed by atoms with E-state index in [0.29, 0.717) is 22.0 Å². The molecule has 2 aromatic carbocycles. The van der Waals surface area contributed by atoms with Gasteiger partial charge in [0.15, 0.2) is 0 Å². The van der Waals surface area contributed by atoms with Gasteiger partial charge in [0.1, 0.15) is 16.2 Å². The van der Waals surface area contributed by atoms with Gasteiger partial charge in [0.25, 0.3) is 0 Å². The van der Waals surface area contributed by atoms with Crippen molar-refractivity contribution in [3.05, 3.63) is 76.4 Å². The molecule has 1 N–H and O–H groups in total. The van der Waals surface area contributed by atoms with Crippen molar-refractivity contribution >= 4 is 64.4 Å². The highest BCUT2D eigenvalue weighted by Crippen LogP contribution is 2.44. The van der Waals surface area contributed by atoms with Gasteiger partial charge in [-0.05, 0) is 49.7 Å². The number of rotatable bonds is 1. The Morgan fingerprint density at radius 1 is 0.971 bits per heavy atom. The molecule has 0 fully saturated rings. The molecule has 0 amide bonds. The third-order valence-corrected chi connectivity index (χ3v) is 7.78. The van der Waals surface area contributed by atoms with E-state index in [0.717, 1.165) is 53.5 Å². The number of hydrogen-bond acceptors (Lipinski definition) is 6. The zero-order valence-corrected chi connectivity index (χ0v) is 20.0.